The third-order valence-corrected chi connectivity index (χ3v) is 11.5. The second-order valence-corrected chi connectivity index (χ2v) is 17.8. The van der Waals surface area contributed by atoms with Gasteiger partial charge < -0.3 is 20.1 Å². The first-order chi connectivity index (χ1) is 28.9. The standard InChI is InChI=1S/C50H94NO7P/c1-3-5-7-9-11-13-15-17-19-21-22-23-24-25-26-27-29-31-33-35-37-39-41-43-50(52)58-49(48-57-59(53,54)56-46-44-51)47-55-45-42-40-38-36-34-32-30-28-20-18-16-14-12-10-8-6-4-2/h5,7,11,13,17,19,22-23,49H,3-4,6,8-10,12,14-16,18,20-21,24-48,51H2,1-2H3,(H,53,54)/b7-5-,13-11-,19-17-,23-22-. The van der Waals surface area contributed by atoms with Gasteiger partial charge in [-0.3, -0.25) is 13.8 Å². The molecule has 0 aliphatic carbocycles. The van der Waals surface area contributed by atoms with Crippen LogP contribution in [0.4, 0.5) is 0 Å². The molecule has 9 heteroatoms. The molecule has 0 spiro atoms. The smallest absolute Gasteiger partial charge is 0.457 e. The van der Waals surface area contributed by atoms with Crippen LogP contribution in [-0.2, 0) is 27.9 Å². The molecule has 3 N–H and O–H groups in total. The Bertz CT molecular complexity index is 1050. The number of unbranched alkanes of at least 4 members (excludes halogenated alkanes) is 26. The van der Waals surface area contributed by atoms with Crippen molar-refractivity contribution >= 4 is 13.8 Å². The lowest BCUT2D eigenvalue weighted by Crippen LogP contribution is -2.28. The summed E-state index contributed by atoms with van der Waals surface area (Å²) in [5.41, 5.74) is 5.38. The first-order valence-corrected chi connectivity index (χ1v) is 26.1. The van der Waals surface area contributed by atoms with Crippen LogP contribution in [0, 0.1) is 0 Å². The maximum atomic E-state index is 12.6. The predicted octanol–water partition coefficient (Wildman–Crippen LogP) is 15.1. The normalized spacial score (nSPS) is 13.8. The summed E-state index contributed by atoms with van der Waals surface area (Å²) in [4.78, 5) is 22.6. The average Bonchev–Trinajstić information content (AvgIpc) is 3.23. The van der Waals surface area contributed by atoms with E-state index in [1.54, 1.807) is 0 Å². The molecule has 2 atom stereocenters. The maximum absolute atomic E-state index is 12.6. The molecule has 8 nitrogen and oxygen atoms in total. The van der Waals surface area contributed by atoms with E-state index in [1.807, 2.05) is 0 Å². The summed E-state index contributed by atoms with van der Waals surface area (Å²) in [5, 5.41) is 0. The molecule has 59 heavy (non-hydrogen) atoms. The number of carbonyl (C=O) groups is 1. The summed E-state index contributed by atoms with van der Waals surface area (Å²) in [6, 6.07) is 0. The van der Waals surface area contributed by atoms with Gasteiger partial charge in [0.1, 0.15) is 6.10 Å². The van der Waals surface area contributed by atoms with E-state index < -0.39 is 13.9 Å². The maximum Gasteiger partial charge on any atom is 0.472 e. The summed E-state index contributed by atoms with van der Waals surface area (Å²) in [7, 11) is -4.28. The van der Waals surface area contributed by atoms with Crippen molar-refractivity contribution < 1.29 is 32.8 Å². The largest absolute Gasteiger partial charge is 0.472 e. The van der Waals surface area contributed by atoms with Crippen molar-refractivity contribution in [2.45, 2.75) is 232 Å². The molecule has 0 aromatic rings. The van der Waals surface area contributed by atoms with Crippen molar-refractivity contribution in [2.24, 2.45) is 5.73 Å². The van der Waals surface area contributed by atoms with E-state index in [0.717, 1.165) is 57.8 Å². The molecule has 0 amide bonds. The Balaban J connectivity index is 3.95. The van der Waals surface area contributed by atoms with Gasteiger partial charge in [-0.25, -0.2) is 4.57 Å². The number of carbonyl (C=O) groups excluding carboxylic acids is 1. The quantitative estimate of drug-likeness (QED) is 0.0269. The van der Waals surface area contributed by atoms with E-state index in [2.05, 4.69) is 62.5 Å². The number of nitrogens with two attached hydrogens (primary N) is 1. The number of phosphoric acid groups is 1. The van der Waals surface area contributed by atoms with Crippen LogP contribution in [0.1, 0.15) is 226 Å². The fourth-order valence-corrected chi connectivity index (χ4v) is 7.70. The number of allylic oxidation sites excluding steroid dienone is 8. The lowest BCUT2D eigenvalue weighted by molar-refractivity contribution is -0.154. The molecule has 0 fully saturated rings. The number of rotatable bonds is 47. The van der Waals surface area contributed by atoms with Crippen LogP contribution < -0.4 is 5.73 Å². The first-order valence-electron chi connectivity index (χ1n) is 24.6. The van der Waals surface area contributed by atoms with Gasteiger partial charge in [-0.05, 0) is 51.4 Å². The Kier molecular flexibility index (Phi) is 46.3. The van der Waals surface area contributed by atoms with E-state index in [0.29, 0.717) is 13.0 Å². The molecule has 0 rings (SSSR count). The predicted molar refractivity (Wildman–Crippen MR) is 252 cm³/mol. The van der Waals surface area contributed by atoms with Crippen LogP contribution in [0.3, 0.4) is 0 Å². The first kappa shape index (κ1) is 57.5. The highest BCUT2D eigenvalue weighted by molar-refractivity contribution is 7.47. The number of esters is 1. The Morgan fingerprint density at radius 2 is 0.949 bits per heavy atom. The molecular weight excluding hydrogens is 758 g/mol. The highest BCUT2D eigenvalue weighted by Crippen LogP contribution is 2.43. The van der Waals surface area contributed by atoms with E-state index in [-0.39, 0.29) is 32.3 Å². The monoisotopic (exact) mass is 852 g/mol. The zero-order chi connectivity index (χ0) is 43.0. The Morgan fingerprint density at radius 1 is 0.525 bits per heavy atom. The molecule has 0 aromatic heterocycles. The average molecular weight is 852 g/mol. The van der Waals surface area contributed by atoms with E-state index in [4.69, 9.17) is 24.3 Å². The second-order valence-electron chi connectivity index (χ2n) is 16.3. The molecule has 0 aromatic carbocycles. The minimum absolute atomic E-state index is 0.0959. The molecule has 0 aliphatic rings. The zero-order valence-corrected chi connectivity index (χ0v) is 39.4. The van der Waals surface area contributed by atoms with Gasteiger partial charge in [0, 0.05) is 19.6 Å². The minimum Gasteiger partial charge on any atom is -0.457 e. The SMILES string of the molecule is CC/C=C\C/C=C\C/C=C\C/C=C\CCCCCCCCCCCCC(=O)OC(COCCCCCCCCCCCCCCCCCCC)COP(=O)(O)OCCN. The third-order valence-electron chi connectivity index (χ3n) is 10.5. The van der Waals surface area contributed by atoms with E-state index in [1.165, 1.54) is 148 Å². The summed E-state index contributed by atoms with van der Waals surface area (Å²) in [5.74, 6) is -0.332. The van der Waals surface area contributed by atoms with Gasteiger partial charge in [0.15, 0.2) is 0 Å². The summed E-state index contributed by atoms with van der Waals surface area (Å²) in [6.07, 6.45) is 57.1. The summed E-state index contributed by atoms with van der Waals surface area (Å²) in [6.45, 7) is 4.84. The third kappa shape index (κ3) is 47.4. The molecule has 0 saturated heterocycles. The molecule has 0 radical (unpaired) electrons. The van der Waals surface area contributed by atoms with Crippen LogP contribution in [0.15, 0.2) is 48.6 Å². The van der Waals surface area contributed by atoms with Gasteiger partial charge in [0.05, 0.1) is 19.8 Å². The number of hydrogen-bond donors (Lipinski definition) is 2. The van der Waals surface area contributed by atoms with E-state index >= 15 is 0 Å². The Labute approximate surface area is 364 Å². The van der Waals surface area contributed by atoms with Crippen LogP contribution >= 0.6 is 7.82 Å². The fourth-order valence-electron chi connectivity index (χ4n) is 6.93. The second kappa shape index (κ2) is 47.5. The van der Waals surface area contributed by atoms with E-state index in [9.17, 15) is 14.3 Å². The van der Waals surface area contributed by atoms with Gasteiger partial charge in [-0.15, -0.1) is 0 Å². The number of ether oxygens (including phenoxy) is 2. The van der Waals surface area contributed by atoms with Crippen molar-refractivity contribution in [3.8, 4) is 0 Å². The summed E-state index contributed by atoms with van der Waals surface area (Å²) >= 11 is 0. The molecule has 0 heterocycles. The van der Waals surface area contributed by atoms with Gasteiger partial charge in [-0.2, -0.15) is 0 Å². The Morgan fingerprint density at radius 3 is 1.42 bits per heavy atom. The van der Waals surface area contributed by atoms with Crippen molar-refractivity contribution in [2.75, 3.05) is 33.0 Å². The highest BCUT2D eigenvalue weighted by Gasteiger charge is 2.25. The fraction of sp³-hybridized carbons (Fsp3) is 0.820. The topological polar surface area (TPSA) is 117 Å². The number of phosphoric ester groups is 1. The lowest BCUT2D eigenvalue weighted by atomic mass is 10.0. The highest BCUT2D eigenvalue weighted by atomic mass is 31.2. The molecule has 346 valence electrons. The molecule has 0 saturated carbocycles. The van der Waals surface area contributed by atoms with Crippen molar-refractivity contribution in [3.63, 3.8) is 0 Å². The zero-order valence-electron chi connectivity index (χ0n) is 38.5. The van der Waals surface area contributed by atoms with Gasteiger partial charge in [-0.1, -0.05) is 217 Å². The molecule has 0 aliphatic heterocycles. The minimum atomic E-state index is -4.28. The molecular formula is C50H94NO7P. The molecule has 2 unspecified atom stereocenters. The van der Waals surface area contributed by atoms with Crippen LogP contribution in [0.25, 0.3) is 0 Å². The van der Waals surface area contributed by atoms with Crippen molar-refractivity contribution in [3.05, 3.63) is 48.6 Å². The van der Waals surface area contributed by atoms with Gasteiger partial charge in [0.25, 0.3) is 0 Å². The Hall–Kier alpha value is -1.54. The lowest BCUT2D eigenvalue weighted by Gasteiger charge is -2.20. The van der Waals surface area contributed by atoms with Crippen LogP contribution in [0.5, 0.6) is 0 Å². The van der Waals surface area contributed by atoms with Gasteiger partial charge >= 0.3 is 13.8 Å². The summed E-state index contributed by atoms with van der Waals surface area (Å²) < 4.78 is 33.6. The number of hydrogen-bond acceptors (Lipinski definition) is 7. The van der Waals surface area contributed by atoms with Gasteiger partial charge in [0.2, 0.25) is 0 Å². The van der Waals surface area contributed by atoms with Crippen molar-refractivity contribution in [1.82, 2.24) is 0 Å². The van der Waals surface area contributed by atoms with Crippen LogP contribution in [0.2, 0.25) is 0 Å². The van der Waals surface area contributed by atoms with Crippen molar-refractivity contribution in [1.29, 1.82) is 0 Å². The van der Waals surface area contributed by atoms with Crippen LogP contribution in [-0.4, -0.2) is 49.9 Å². The molecule has 0 bridgehead atoms.